The number of hydrogen-bond donors (Lipinski definition) is 0. The lowest BCUT2D eigenvalue weighted by atomic mass is 9.77. The molecule has 114 valence electrons. The molecule has 0 N–H and O–H groups in total. The van der Waals surface area contributed by atoms with Crippen molar-refractivity contribution in [3.63, 3.8) is 0 Å². The van der Waals surface area contributed by atoms with Crippen LogP contribution in [0, 0.1) is 0 Å². The van der Waals surface area contributed by atoms with Crippen molar-refractivity contribution in [3.8, 4) is 0 Å². The fourth-order valence-corrected chi connectivity index (χ4v) is 2.92. The van der Waals surface area contributed by atoms with Gasteiger partial charge in [-0.25, -0.2) is 0 Å². The van der Waals surface area contributed by atoms with Crippen molar-refractivity contribution in [1.82, 2.24) is 0 Å². The van der Waals surface area contributed by atoms with Crippen LogP contribution in [-0.4, -0.2) is 11.6 Å². The van der Waals surface area contributed by atoms with Gasteiger partial charge in [-0.1, -0.05) is 47.5 Å². The molecule has 0 spiro atoms. The van der Waals surface area contributed by atoms with Crippen LogP contribution >= 0.6 is 23.2 Å². The Bertz CT molecular complexity index is 614. The summed E-state index contributed by atoms with van der Waals surface area (Å²) in [5.74, 6) is -1.18. The van der Waals surface area contributed by atoms with Gasteiger partial charge in [-0.15, -0.1) is 0 Å². The fraction of sp³-hybridized carbons (Fsp3) is 0.222. The molecule has 0 radical (unpaired) electrons. The molecule has 2 atom stereocenters. The van der Waals surface area contributed by atoms with Gasteiger partial charge in [0.2, 0.25) is 0 Å². The Hall–Kier alpha value is -1.64. The van der Waals surface area contributed by atoms with Crippen LogP contribution in [0.2, 0.25) is 10.0 Å². The van der Waals surface area contributed by atoms with E-state index in [2.05, 4.69) is 0 Å². The zero-order valence-corrected chi connectivity index (χ0v) is 13.9. The van der Waals surface area contributed by atoms with Crippen molar-refractivity contribution in [3.05, 3.63) is 69.7 Å². The first kappa shape index (κ1) is 16.7. The molecule has 0 fully saturated rings. The minimum atomic E-state index is -0.532. The monoisotopic (exact) mass is 334 g/mol. The molecule has 0 bridgehead atoms. The van der Waals surface area contributed by atoms with Gasteiger partial charge >= 0.3 is 0 Å². The van der Waals surface area contributed by atoms with E-state index >= 15 is 0 Å². The van der Waals surface area contributed by atoms with Gasteiger partial charge in [-0.2, -0.15) is 0 Å². The minimum Gasteiger partial charge on any atom is -0.299 e. The molecule has 2 aromatic rings. The molecule has 4 heteroatoms. The summed E-state index contributed by atoms with van der Waals surface area (Å²) in [6.45, 7) is 3.01. The van der Waals surface area contributed by atoms with Crippen LogP contribution in [0.3, 0.4) is 0 Å². The predicted molar refractivity (Wildman–Crippen MR) is 89.7 cm³/mol. The van der Waals surface area contributed by atoms with Gasteiger partial charge in [-0.05, 0) is 49.2 Å². The predicted octanol–water partition coefficient (Wildman–Crippen LogP) is 5.04. The second kappa shape index (κ2) is 7.08. The molecule has 0 aliphatic rings. The van der Waals surface area contributed by atoms with Gasteiger partial charge in [0.25, 0.3) is 0 Å². The molecule has 0 aliphatic heterocycles. The molecular formula is C18H16Cl2O2. The van der Waals surface area contributed by atoms with Gasteiger partial charge in [0.1, 0.15) is 11.6 Å². The summed E-state index contributed by atoms with van der Waals surface area (Å²) >= 11 is 11.8. The van der Waals surface area contributed by atoms with E-state index in [4.69, 9.17) is 23.2 Å². The first-order chi connectivity index (χ1) is 10.4. The lowest BCUT2D eigenvalue weighted by Gasteiger charge is -2.24. The quantitative estimate of drug-likeness (QED) is 0.767. The number of benzene rings is 2. The van der Waals surface area contributed by atoms with Crippen LogP contribution in [0.15, 0.2) is 48.5 Å². The number of carbonyl (C=O) groups is 2. The topological polar surface area (TPSA) is 34.1 Å². The molecule has 0 aromatic heterocycles. The summed E-state index contributed by atoms with van der Waals surface area (Å²) in [6, 6.07) is 14.1. The lowest BCUT2D eigenvalue weighted by Crippen LogP contribution is -2.23. The third-order valence-corrected chi connectivity index (χ3v) is 4.17. The molecule has 0 aliphatic carbocycles. The van der Waals surface area contributed by atoms with E-state index in [1.54, 1.807) is 48.5 Å². The van der Waals surface area contributed by atoms with Crippen LogP contribution in [0.25, 0.3) is 0 Å². The van der Waals surface area contributed by atoms with Gasteiger partial charge in [0.05, 0.1) is 11.8 Å². The SMILES string of the molecule is CC(=O)[C@H](c1ccc(Cl)cc1)[C@H](C(C)=O)c1ccc(Cl)cc1. The summed E-state index contributed by atoms with van der Waals surface area (Å²) in [7, 11) is 0. The smallest absolute Gasteiger partial charge is 0.138 e. The van der Waals surface area contributed by atoms with Crippen molar-refractivity contribution in [2.24, 2.45) is 0 Å². The molecule has 2 nitrogen and oxygen atoms in total. The van der Waals surface area contributed by atoms with Crippen molar-refractivity contribution in [2.45, 2.75) is 25.7 Å². The van der Waals surface area contributed by atoms with E-state index in [9.17, 15) is 9.59 Å². The van der Waals surface area contributed by atoms with E-state index < -0.39 is 11.8 Å². The first-order valence-electron chi connectivity index (χ1n) is 6.92. The summed E-state index contributed by atoms with van der Waals surface area (Å²) in [6.07, 6.45) is 0. The number of hydrogen-bond acceptors (Lipinski definition) is 2. The first-order valence-corrected chi connectivity index (χ1v) is 7.67. The van der Waals surface area contributed by atoms with Crippen LogP contribution < -0.4 is 0 Å². The second-order valence-electron chi connectivity index (χ2n) is 5.28. The van der Waals surface area contributed by atoms with Crippen molar-refractivity contribution < 1.29 is 9.59 Å². The van der Waals surface area contributed by atoms with Crippen LogP contribution in [0.4, 0.5) is 0 Å². The van der Waals surface area contributed by atoms with E-state index in [1.165, 1.54) is 13.8 Å². The molecule has 22 heavy (non-hydrogen) atoms. The average molecular weight is 335 g/mol. The van der Waals surface area contributed by atoms with Gasteiger partial charge < -0.3 is 0 Å². The molecule has 0 heterocycles. The summed E-state index contributed by atoms with van der Waals surface area (Å²) in [4.78, 5) is 24.4. The number of carbonyl (C=O) groups excluding carboxylic acids is 2. The number of Topliss-reactive ketones (excluding diaryl/α,β-unsaturated/α-hetero) is 2. The second-order valence-corrected chi connectivity index (χ2v) is 6.15. The molecule has 2 aromatic carbocycles. The maximum Gasteiger partial charge on any atom is 0.138 e. The Morgan fingerprint density at radius 3 is 1.18 bits per heavy atom. The zero-order valence-electron chi connectivity index (χ0n) is 12.3. The maximum atomic E-state index is 12.2. The number of halogens is 2. The van der Waals surface area contributed by atoms with E-state index in [1.807, 2.05) is 0 Å². The summed E-state index contributed by atoms with van der Waals surface area (Å²) in [5.41, 5.74) is 1.57. The highest BCUT2D eigenvalue weighted by Crippen LogP contribution is 2.35. The highest BCUT2D eigenvalue weighted by Gasteiger charge is 2.32. The molecule has 2 rings (SSSR count). The lowest BCUT2D eigenvalue weighted by molar-refractivity contribution is -0.125. The maximum absolute atomic E-state index is 12.2. The highest BCUT2D eigenvalue weighted by atomic mass is 35.5. The van der Waals surface area contributed by atoms with Crippen LogP contribution in [-0.2, 0) is 9.59 Å². The standard InChI is InChI=1S/C18H16Cl2O2/c1-11(21)17(13-3-7-15(19)8-4-13)18(12(2)22)14-5-9-16(20)10-6-14/h3-10,17-18H,1-2H3/t17-,18-/m1/s1. The third-order valence-electron chi connectivity index (χ3n) is 3.67. The Labute approximate surface area is 140 Å². The number of ketones is 2. The van der Waals surface area contributed by atoms with Gasteiger partial charge in [-0.3, -0.25) is 9.59 Å². The molecular weight excluding hydrogens is 319 g/mol. The molecule has 0 saturated carbocycles. The van der Waals surface area contributed by atoms with E-state index in [0.29, 0.717) is 10.0 Å². The van der Waals surface area contributed by atoms with Crippen molar-refractivity contribution >= 4 is 34.8 Å². The molecule has 0 unspecified atom stereocenters. The summed E-state index contributed by atoms with van der Waals surface area (Å²) in [5, 5.41) is 1.19. The van der Waals surface area contributed by atoms with Crippen LogP contribution in [0.1, 0.15) is 36.8 Å². The fourth-order valence-electron chi connectivity index (χ4n) is 2.66. The third kappa shape index (κ3) is 3.76. The van der Waals surface area contributed by atoms with Gasteiger partial charge in [0.15, 0.2) is 0 Å². The Morgan fingerprint density at radius 1 is 0.682 bits per heavy atom. The Kier molecular flexibility index (Phi) is 5.38. The zero-order chi connectivity index (χ0) is 16.3. The molecule has 0 amide bonds. The Balaban J connectivity index is 2.51. The van der Waals surface area contributed by atoms with Crippen molar-refractivity contribution in [1.29, 1.82) is 0 Å². The van der Waals surface area contributed by atoms with E-state index in [0.717, 1.165) is 11.1 Å². The normalized spacial score (nSPS) is 13.5. The van der Waals surface area contributed by atoms with Crippen molar-refractivity contribution in [2.75, 3.05) is 0 Å². The highest BCUT2D eigenvalue weighted by molar-refractivity contribution is 6.30. The Morgan fingerprint density at radius 2 is 0.955 bits per heavy atom. The number of rotatable bonds is 5. The van der Waals surface area contributed by atoms with E-state index in [-0.39, 0.29) is 11.6 Å². The largest absolute Gasteiger partial charge is 0.299 e. The van der Waals surface area contributed by atoms with Crippen LogP contribution in [0.5, 0.6) is 0 Å². The van der Waals surface area contributed by atoms with Gasteiger partial charge in [0, 0.05) is 10.0 Å². The summed E-state index contributed by atoms with van der Waals surface area (Å²) < 4.78 is 0. The molecule has 0 saturated heterocycles. The minimum absolute atomic E-state index is 0.0579. The average Bonchev–Trinajstić information content (AvgIpc) is 2.46.